The van der Waals surface area contributed by atoms with E-state index in [1.54, 1.807) is 5.57 Å². The van der Waals surface area contributed by atoms with E-state index in [9.17, 15) is 0 Å². The van der Waals surface area contributed by atoms with Gasteiger partial charge in [-0.1, -0.05) is 409 Å². The second kappa shape index (κ2) is 55.6. The fourth-order valence-corrected chi connectivity index (χ4v) is 17.3. The van der Waals surface area contributed by atoms with Crippen LogP contribution in [0.5, 0.6) is 0 Å². The molecule has 0 nitrogen and oxygen atoms in total. The van der Waals surface area contributed by atoms with Crippen LogP contribution in [0.3, 0.4) is 0 Å². The summed E-state index contributed by atoms with van der Waals surface area (Å²) in [6.07, 6.45) is 42.7. The lowest BCUT2D eigenvalue weighted by molar-refractivity contribution is 0.0996. The van der Waals surface area contributed by atoms with Crippen LogP contribution in [0.15, 0.2) is 60.2 Å². The van der Waals surface area contributed by atoms with Crippen LogP contribution in [-0.2, 0) is 0 Å². The Morgan fingerprint density at radius 2 is 0.951 bits per heavy atom. The van der Waals surface area contributed by atoms with Gasteiger partial charge in [-0.15, -0.1) is 0 Å². The minimum Gasteiger partial charge on any atom is -0.0853 e. The summed E-state index contributed by atoms with van der Waals surface area (Å²) in [5.41, 5.74) is 9.05. The van der Waals surface area contributed by atoms with Crippen LogP contribution in [0.25, 0.3) is 0 Å². The van der Waals surface area contributed by atoms with Crippen molar-refractivity contribution in [2.24, 2.45) is 129 Å². The van der Waals surface area contributed by atoms with Crippen molar-refractivity contribution >= 4 is 0 Å². The van der Waals surface area contributed by atoms with Gasteiger partial charge in [-0.3, -0.25) is 0 Å². The first kappa shape index (κ1) is 102. The molecule has 10 unspecified atom stereocenters. The van der Waals surface area contributed by atoms with Gasteiger partial charge in [0.2, 0.25) is 0 Å². The Bertz CT molecular complexity index is 2230. The highest BCUT2D eigenvalue weighted by atomic mass is 14.6. The summed E-state index contributed by atoms with van der Waals surface area (Å²) in [4.78, 5) is 0. The standard InChI is InChI=1S/C10H16.4C10H20.C10H14.C10H20.C10H14.2C10H22.C2H6/c1-7-4-5-8-9(6-7)10(8,2)3;1-8-5-6-9(2)10(3,4)7-8;1-8-6-5-7-10(3,4)9(8)2;3*1-8(2)10-6-4-9(3)5-7-10;2*1-8(2)10-6-4-5-9(3)7-10;1-5-10(4)8-6-7-9(2)3;1-5-6-7-10(4)8-9(2)3;1-2/h4,8-9H,5-6H2,1-3H3;2*8-9H,5-7H2,1-4H3;2*8-10H,4-7H2,1-3H3;4-8H,1-3H3;8-10H,4-7H2,1-3H3;4-8H,1-3H3;2*9-10H,5-8H2,1-4H3;1-2H3/p+2. The van der Waals surface area contributed by atoms with Crippen LogP contribution in [0, 0.1) is 143 Å². The van der Waals surface area contributed by atoms with Crippen molar-refractivity contribution in [2.75, 3.05) is 0 Å². The Morgan fingerprint density at radius 3 is 1.31 bits per heavy atom. The molecule has 0 aliphatic heterocycles. The minimum atomic E-state index is 0. The largest absolute Gasteiger partial charge is 1.00 e. The lowest BCUT2D eigenvalue weighted by atomic mass is 9.65. The summed E-state index contributed by atoms with van der Waals surface area (Å²) in [5, 5.41) is 0. The lowest BCUT2D eigenvalue weighted by Crippen LogP contribution is -2.31. The highest BCUT2D eigenvalue weighted by molar-refractivity contribution is 5.25. The third kappa shape index (κ3) is 47.2. The molecule has 2 aromatic rings. The van der Waals surface area contributed by atoms with Gasteiger partial charge in [0.05, 0.1) is 0 Å². The molecular formula is C102H196+2. The first-order chi connectivity index (χ1) is 47.5. The summed E-state index contributed by atoms with van der Waals surface area (Å²) < 4.78 is 0. The second-order valence-corrected chi connectivity index (χ2v) is 40.6. The number of aryl methyl sites for hydroxylation is 2. The molecule has 9 rings (SSSR count). The molecule has 0 heteroatoms. The van der Waals surface area contributed by atoms with Crippen LogP contribution in [0.2, 0.25) is 0 Å². The second-order valence-electron chi connectivity index (χ2n) is 40.6. The third-order valence-corrected chi connectivity index (χ3v) is 26.9. The van der Waals surface area contributed by atoms with E-state index >= 15 is 0 Å². The summed E-state index contributed by atoms with van der Waals surface area (Å²) in [6, 6.07) is 17.4. The molecule has 0 radical (unpaired) electrons. The Morgan fingerprint density at radius 1 is 0.451 bits per heavy atom. The predicted octanol–water partition coefficient (Wildman–Crippen LogP) is 35.5. The predicted molar refractivity (Wildman–Crippen MR) is 474 cm³/mol. The number of benzene rings is 2. The van der Waals surface area contributed by atoms with Crippen molar-refractivity contribution in [1.29, 1.82) is 0 Å². The smallest absolute Gasteiger partial charge is 0.0853 e. The Labute approximate surface area is 651 Å². The number of hydrogen-bond acceptors (Lipinski definition) is 0. The molecule has 102 heavy (non-hydrogen) atoms. The third-order valence-electron chi connectivity index (χ3n) is 26.9. The van der Waals surface area contributed by atoms with E-state index < -0.39 is 0 Å². The average molecular weight is 1420 g/mol. The molecule has 0 N–H and O–H groups in total. The average Bonchev–Trinajstić information content (AvgIpc) is 1.57. The molecule has 7 aliphatic rings. The van der Waals surface area contributed by atoms with Crippen molar-refractivity contribution in [1.82, 2.24) is 0 Å². The quantitative estimate of drug-likeness (QED) is 0.156. The first-order valence-electron chi connectivity index (χ1n) is 45.3. The van der Waals surface area contributed by atoms with Gasteiger partial charge in [0, 0.05) is 0 Å². The number of rotatable bonds is 15. The molecule has 0 amide bonds. The minimum absolute atomic E-state index is 0. The Kier molecular flexibility index (Phi) is 55.7. The molecule has 0 saturated heterocycles. The molecule has 7 aliphatic carbocycles. The topological polar surface area (TPSA) is 0 Å². The maximum Gasteiger partial charge on any atom is 1.00 e. The van der Waals surface area contributed by atoms with Crippen molar-refractivity contribution < 1.29 is 2.85 Å². The van der Waals surface area contributed by atoms with Gasteiger partial charge in [0.15, 0.2) is 0 Å². The SMILES string of the molecule is CC.CC1=CCC2C(C1)C2(C)C.CC1CCC(C(C)C)CC1.CC1CCC(C(C)C)CC1.CC1CCC(C)C(C)(C)C1.CC1CCCC(C(C)C)C1.CC1CCCC(C)(C)C1C.CCC(C)CCCC(C)C.CCCCC(C)CC(C)C.Cc1ccc(C(C)C)cc1.Cc1cccc(C(C)C)c1.[H+].[H+]. The molecule has 602 valence electrons. The lowest BCUT2D eigenvalue weighted by Gasteiger charge is -2.40. The van der Waals surface area contributed by atoms with E-state index in [1.807, 2.05) is 13.8 Å². The molecule has 10 atom stereocenters. The molecule has 6 fully saturated rings. The van der Waals surface area contributed by atoms with E-state index in [-0.39, 0.29) is 2.85 Å². The maximum absolute atomic E-state index is 2.43. The first-order valence-corrected chi connectivity index (χ1v) is 45.3. The van der Waals surface area contributed by atoms with Crippen molar-refractivity contribution in [2.45, 2.75) is 441 Å². The van der Waals surface area contributed by atoms with Crippen molar-refractivity contribution in [3.05, 3.63) is 82.4 Å². The zero-order valence-corrected chi connectivity index (χ0v) is 77.1. The summed E-state index contributed by atoms with van der Waals surface area (Å²) in [5.74, 6) is 19.7. The van der Waals surface area contributed by atoms with Crippen molar-refractivity contribution in [3.63, 3.8) is 0 Å². The van der Waals surface area contributed by atoms with Crippen LogP contribution in [0.4, 0.5) is 0 Å². The summed E-state index contributed by atoms with van der Waals surface area (Å²) in [7, 11) is 0. The van der Waals surface area contributed by atoms with Crippen molar-refractivity contribution in [3.8, 4) is 0 Å². The van der Waals surface area contributed by atoms with Gasteiger partial charge in [-0.05, 0) is 243 Å². The van der Waals surface area contributed by atoms with E-state index in [0.717, 1.165) is 112 Å². The Hall–Kier alpha value is -1.82. The van der Waals surface area contributed by atoms with Gasteiger partial charge in [0.1, 0.15) is 0 Å². The molecule has 6 saturated carbocycles. The number of unbranched alkanes of at least 4 members (excludes halogenated alkanes) is 1. The van der Waals surface area contributed by atoms with Crippen LogP contribution in [-0.4, -0.2) is 0 Å². The highest BCUT2D eigenvalue weighted by Crippen LogP contribution is 2.64. The van der Waals surface area contributed by atoms with Crippen LogP contribution >= 0.6 is 0 Å². The van der Waals surface area contributed by atoms with Crippen LogP contribution < -0.4 is 0 Å². The van der Waals surface area contributed by atoms with Gasteiger partial charge in [-0.2, -0.15) is 0 Å². The zero-order valence-electron chi connectivity index (χ0n) is 79.1. The fourth-order valence-electron chi connectivity index (χ4n) is 17.3. The summed E-state index contributed by atoms with van der Waals surface area (Å²) in [6.45, 7) is 83.2. The molecular weight excluding hydrogens is 1230 g/mol. The Balaban J connectivity index is -0.000000531. The van der Waals surface area contributed by atoms with Crippen LogP contribution in [0.1, 0.15) is 452 Å². The van der Waals surface area contributed by atoms with Gasteiger partial charge < -0.3 is 0 Å². The molecule has 0 spiro atoms. The van der Waals surface area contributed by atoms with E-state index in [2.05, 4.69) is 290 Å². The van der Waals surface area contributed by atoms with E-state index in [4.69, 9.17) is 0 Å². The molecule has 0 bridgehead atoms. The number of fused-ring (bicyclic) bond motifs is 1. The van der Waals surface area contributed by atoms with Gasteiger partial charge in [0.25, 0.3) is 0 Å². The molecule has 2 aromatic carbocycles. The monoisotopic (exact) mass is 1420 g/mol. The van der Waals surface area contributed by atoms with E-state index in [1.165, 1.54) is 202 Å². The van der Waals surface area contributed by atoms with E-state index in [0.29, 0.717) is 28.1 Å². The number of allylic oxidation sites excluding steroid dienone is 2. The fraction of sp³-hybridized carbons (Fsp3) is 0.863. The number of hydrogen-bond donors (Lipinski definition) is 0. The molecule has 0 aromatic heterocycles. The van der Waals surface area contributed by atoms with Gasteiger partial charge in [-0.25, -0.2) is 0 Å². The highest BCUT2D eigenvalue weighted by Gasteiger charge is 2.57. The summed E-state index contributed by atoms with van der Waals surface area (Å²) >= 11 is 0. The van der Waals surface area contributed by atoms with Gasteiger partial charge >= 0.3 is 2.85 Å². The zero-order chi connectivity index (χ0) is 78.7. The maximum atomic E-state index is 2.43. The molecule has 0 heterocycles. The normalized spacial score (nSPS) is 27.0.